The number of hydrogen-bond acceptors (Lipinski definition) is 4. The molecule has 1 aliphatic carbocycles. The summed E-state index contributed by atoms with van der Waals surface area (Å²) in [5, 5.41) is 5.63. The molecule has 1 heterocycles. The van der Waals surface area contributed by atoms with E-state index in [0.29, 0.717) is 5.56 Å². The maximum atomic E-state index is 13.7. The van der Waals surface area contributed by atoms with Gasteiger partial charge in [0.15, 0.2) is 5.76 Å². The average molecular weight is 478 g/mol. The van der Waals surface area contributed by atoms with E-state index in [9.17, 15) is 18.8 Å². The van der Waals surface area contributed by atoms with Gasteiger partial charge in [-0.05, 0) is 48.2 Å². The van der Waals surface area contributed by atoms with Gasteiger partial charge in [0.1, 0.15) is 11.9 Å². The van der Waals surface area contributed by atoms with Gasteiger partial charge < -0.3 is 20.0 Å². The molecule has 8 heteroatoms. The molecule has 0 saturated heterocycles. The highest BCUT2D eigenvalue weighted by Crippen LogP contribution is 2.26. The smallest absolute Gasteiger partial charge is 0.287 e. The first-order valence-electron chi connectivity index (χ1n) is 11.7. The van der Waals surface area contributed by atoms with Crippen molar-refractivity contribution in [3.05, 3.63) is 95.7 Å². The van der Waals surface area contributed by atoms with Crippen molar-refractivity contribution in [1.82, 2.24) is 15.5 Å². The summed E-state index contributed by atoms with van der Waals surface area (Å²) in [6.07, 6.45) is 5.22. The summed E-state index contributed by atoms with van der Waals surface area (Å²) in [5.41, 5.74) is 1.31. The van der Waals surface area contributed by atoms with E-state index >= 15 is 0 Å². The highest BCUT2D eigenvalue weighted by molar-refractivity contribution is 5.95. The minimum Gasteiger partial charge on any atom is -0.459 e. The molecule has 2 aromatic carbocycles. The second kappa shape index (κ2) is 11.5. The number of furan rings is 1. The molecule has 3 aromatic rings. The van der Waals surface area contributed by atoms with Crippen LogP contribution in [0, 0.1) is 5.82 Å². The number of amides is 3. The summed E-state index contributed by atoms with van der Waals surface area (Å²) in [4.78, 5) is 40.8. The van der Waals surface area contributed by atoms with Crippen LogP contribution >= 0.6 is 0 Å². The summed E-state index contributed by atoms with van der Waals surface area (Å²) in [5.74, 6) is -1.66. The molecule has 0 aliphatic heterocycles. The van der Waals surface area contributed by atoms with E-state index in [4.69, 9.17) is 4.42 Å². The summed E-state index contributed by atoms with van der Waals surface area (Å²) in [6, 6.07) is 17.0. The molecule has 1 saturated carbocycles. The Morgan fingerprint density at radius 3 is 2.34 bits per heavy atom. The standard InChI is InChI=1S/C27H28FN3O4/c28-21-14-12-20(13-15-21)25(27(34)30-22-9-4-5-10-22)31(18-19-7-2-1-3-8-19)24(32)17-29-26(33)23-11-6-16-35-23/h1-3,6-8,11-16,22,25H,4-5,9-10,17-18H2,(H,29,33)(H,30,34)/t25-/m0/s1. The first-order chi connectivity index (χ1) is 17.0. The summed E-state index contributed by atoms with van der Waals surface area (Å²) in [7, 11) is 0. The Morgan fingerprint density at radius 2 is 1.69 bits per heavy atom. The minimum absolute atomic E-state index is 0.0396. The van der Waals surface area contributed by atoms with Gasteiger partial charge in [-0.3, -0.25) is 14.4 Å². The zero-order valence-corrected chi connectivity index (χ0v) is 19.3. The zero-order chi connectivity index (χ0) is 24.6. The number of halogens is 1. The van der Waals surface area contributed by atoms with Crippen LogP contribution in [0.4, 0.5) is 4.39 Å². The fourth-order valence-corrected chi connectivity index (χ4v) is 4.32. The molecule has 0 spiro atoms. The van der Waals surface area contributed by atoms with Gasteiger partial charge in [0.25, 0.3) is 5.91 Å². The minimum atomic E-state index is -0.996. The zero-order valence-electron chi connectivity index (χ0n) is 19.3. The normalized spacial score (nSPS) is 14.3. The van der Waals surface area contributed by atoms with Crippen molar-refractivity contribution >= 4 is 17.7 Å². The van der Waals surface area contributed by atoms with Gasteiger partial charge >= 0.3 is 0 Å². The SMILES string of the molecule is O=C(NCC(=O)N(Cc1ccccc1)[C@H](C(=O)NC1CCCC1)c1ccc(F)cc1)c1ccco1. The second-order valence-electron chi connectivity index (χ2n) is 8.61. The van der Waals surface area contributed by atoms with Crippen molar-refractivity contribution in [1.29, 1.82) is 0 Å². The maximum absolute atomic E-state index is 13.7. The third-order valence-corrected chi connectivity index (χ3v) is 6.11. The highest BCUT2D eigenvalue weighted by atomic mass is 19.1. The van der Waals surface area contributed by atoms with Crippen molar-refractivity contribution in [2.24, 2.45) is 0 Å². The number of carbonyl (C=O) groups is 3. The van der Waals surface area contributed by atoms with Gasteiger partial charge in [-0.2, -0.15) is 0 Å². The molecule has 7 nitrogen and oxygen atoms in total. The van der Waals surface area contributed by atoms with Gasteiger partial charge in [0.2, 0.25) is 11.8 Å². The number of nitrogens with one attached hydrogen (secondary N) is 2. The fraction of sp³-hybridized carbons (Fsp3) is 0.296. The average Bonchev–Trinajstić information content (AvgIpc) is 3.58. The predicted octanol–water partition coefficient (Wildman–Crippen LogP) is 3.98. The number of rotatable bonds is 9. The second-order valence-corrected chi connectivity index (χ2v) is 8.61. The van der Waals surface area contributed by atoms with Crippen molar-refractivity contribution in [3.8, 4) is 0 Å². The first kappa shape index (κ1) is 24.2. The molecule has 0 radical (unpaired) electrons. The molecular weight excluding hydrogens is 449 g/mol. The lowest BCUT2D eigenvalue weighted by Gasteiger charge is -2.32. The number of benzene rings is 2. The van der Waals surface area contributed by atoms with Crippen LogP contribution in [0.25, 0.3) is 0 Å². The Balaban J connectivity index is 1.62. The van der Waals surface area contributed by atoms with E-state index in [1.165, 1.54) is 41.5 Å². The van der Waals surface area contributed by atoms with Crippen LogP contribution in [0.1, 0.15) is 53.4 Å². The third-order valence-electron chi connectivity index (χ3n) is 6.11. The lowest BCUT2D eigenvalue weighted by molar-refractivity contribution is -0.141. The predicted molar refractivity (Wildman–Crippen MR) is 128 cm³/mol. The van der Waals surface area contributed by atoms with Crippen LogP contribution in [-0.2, 0) is 16.1 Å². The van der Waals surface area contributed by atoms with Crippen LogP contribution in [0.15, 0.2) is 77.4 Å². The van der Waals surface area contributed by atoms with Crippen LogP contribution in [0.3, 0.4) is 0 Å². The largest absolute Gasteiger partial charge is 0.459 e. The lowest BCUT2D eigenvalue weighted by Crippen LogP contribution is -2.48. The van der Waals surface area contributed by atoms with E-state index in [1.54, 1.807) is 6.07 Å². The molecule has 3 amide bonds. The molecule has 4 rings (SSSR count). The van der Waals surface area contributed by atoms with Crippen molar-refractivity contribution in [2.75, 3.05) is 6.54 Å². The number of hydrogen-bond donors (Lipinski definition) is 2. The van der Waals surface area contributed by atoms with Crippen LogP contribution in [0.5, 0.6) is 0 Å². The fourth-order valence-electron chi connectivity index (χ4n) is 4.32. The van der Waals surface area contributed by atoms with E-state index in [2.05, 4.69) is 10.6 Å². The van der Waals surface area contributed by atoms with Gasteiger partial charge in [-0.15, -0.1) is 0 Å². The molecule has 35 heavy (non-hydrogen) atoms. The maximum Gasteiger partial charge on any atom is 0.287 e. The van der Waals surface area contributed by atoms with Crippen LogP contribution in [0.2, 0.25) is 0 Å². The number of carbonyl (C=O) groups excluding carboxylic acids is 3. The summed E-state index contributed by atoms with van der Waals surface area (Å²) >= 11 is 0. The van der Waals surface area contributed by atoms with Crippen LogP contribution < -0.4 is 10.6 Å². The molecule has 1 fully saturated rings. The molecule has 0 unspecified atom stereocenters. The Bertz CT molecular complexity index is 1130. The third kappa shape index (κ3) is 6.35. The van der Waals surface area contributed by atoms with E-state index in [-0.39, 0.29) is 30.8 Å². The summed E-state index contributed by atoms with van der Waals surface area (Å²) in [6.45, 7) is -0.197. The molecule has 1 atom stereocenters. The van der Waals surface area contributed by atoms with E-state index in [1.807, 2.05) is 30.3 Å². The van der Waals surface area contributed by atoms with E-state index < -0.39 is 23.7 Å². The van der Waals surface area contributed by atoms with Crippen molar-refractivity contribution in [2.45, 2.75) is 44.3 Å². The Hall–Kier alpha value is -3.94. The summed E-state index contributed by atoms with van der Waals surface area (Å²) < 4.78 is 18.8. The number of nitrogens with zero attached hydrogens (tertiary/aromatic N) is 1. The quantitative estimate of drug-likeness (QED) is 0.488. The van der Waals surface area contributed by atoms with Gasteiger partial charge in [0, 0.05) is 12.6 Å². The highest BCUT2D eigenvalue weighted by Gasteiger charge is 2.33. The topological polar surface area (TPSA) is 91.7 Å². The molecular formula is C27H28FN3O4. The van der Waals surface area contributed by atoms with Crippen molar-refractivity contribution < 1.29 is 23.2 Å². The van der Waals surface area contributed by atoms with Crippen LogP contribution in [-0.4, -0.2) is 35.2 Å². The Morgan fingerprint density at radius 1 is 0.971 bits per heavy atom. The van der Waals surface area contributed by atoms with E-state index in [0.717, 1.165) is 31.2 Å². The van der Waals surface area contributed by atoms with Crippen molar-refractivity contribution in [3.63, 3.8) is 0 Å². The molecule has 1 aromatic heterocycles. The molecule has 0 bridgehead atoms. The van der Waals surface area contributed by atoms with Gasteiger partial charge in [-0.25, -0.2) is 4.39 Å². The van der Waals surface area contributed by atoms with Gasteiger partial charge in [0.05, 0.1) is 12.8 Å². The van der Waals surface area contributed by atoms with Gasteiger partial charge in [-0.1, -0.05) is 55.3 Å². The first-order valence-corrected chi connectivity index (χ1v) is 11.7. The molecule has 2 N–H and O–H groups in total. The molecule has 1 aliphatic rings. The lowest BCUT2D eigenvalue weighted by atomic mass is 10.0. The monoisotopic (exact) mass is 477 g/mol. The molecule has 182 valence electrons. The Kier molecular flexibility index (Phi) is 7.92. The Labute approximate surface area is 203 Å².